The number of hydrogen-bond donors (Lipinski definition) is 3. The molecule has 2 amide bonds. The molecule has 0 saturated carbocycles. The van der Waals surface area contributed by atoms with Crippen molar-refractivity contribution in [3.63, 3.8) is 0 Å². The van der Waals surface area contributed by atoms with Crippen LogP contribution in [-0.2, 0) is 0 Å². The Kier molecular flexibility index (Phi) is 5.35. The average molecular weight is 403 g/mol. The average Bonchev–Trinajstić information content (AvgIpc) is 2.68. The smallest absolute Gasteiger partial charge is 0.323 e. The molecule has 0 saturated heterocycles. The van der Waals surface area contributed by atoms with Crippen LogP contribution >= 0.6 is 0 Å². The second-order valence-electron chi connectivity index (χ2n) is 5.81. The largest absolute Gasteiger partial charge is 0.506 e. The van der Waals surface area contributed by atoms with Crippen LogP contribution in [0, 0.1) is 27.6 Å². The van der Waals surface area contributed by atoms with Gasteiger partial charge in [-0.25, -0.2) is 18.0 Å². The van der Waals surface area contributed by atoms with Gasteiger partial charge in [0, 0.05) is 17.2 Å². The van der Waals surface area contributed by atoms with Gasteiger partial charge in [-0.3, -0.25) is 10.1 Å². The molecule has 0 aliphatic carbocycles. The van der Waals surface area contributed by atoms with Gasteiger partial charge in [-0.1, -0.05) is 18.2 Å². The van der Waals surface area contributed by atoms with Gasteiger partial charge in [-0.15, -0.1) is 0 Å². The molecular formula is C19H12F3N3O4. The van der Waals surface area contributed by atoms with Crippen molar-refractivity contribution in [2.75, 3.05) is 10.6 Å². The maximum Gasteiger partial charge on any atom is 0.323 e. The molecule has 29 heavy (non-hydrogen) atoms. The highest BCUT2D eigenvalue weighted by Gasteiger charge is 2.18. The summed E-state index contributed by atoms with van der Waals surface area (Å²) in [4.78, 5) is 22.2. The minimum Gasteiger partial charge on any atom is -0.506 e. The quantitative estimate of drug-likeness (QED) is 0.246. The molecule has 0 atom stereocenters. The molecule has 0 aliphatic rings. The fraction of sp³-hybridized carbons (Fsp3) is 0. The fourth-order valence-electron chi connectivity index (χ4n) is 2.58. The number of carbonyl (C=O) groups is 1. The number of nitrogens with zero attached hydrogens (tertiary/aromatic N) is 1. The molecule has 3 rings (SSSR count). The van der Waals surface area contributed by atoms with Crippen LogP contribution in [0.2, 0.25) is 0 Å². The Bertz CT molecular complexity index is 1120. The number of nitro groups is 1. The van der Waals surface area contributed by atoms with Crippen molar-refractivity contribution in [2.45, 2.75) is 0 Å². The Labute approximate surface area is 161 Å². The number of nitro benzene ring substituents is 1. The van der Waals surface area contributed by atoms with Crippen molar-refractivity contribution in [1.82, 2.24) is 0 Å². The minimum atomic E-state index is -1.64. The predicted octanol–water partition coefficient (Wildman–Crippen LogP) is 5.03. The topological polar surface area (TPSA) is 104 Å². The maximum atomic E-state index is 14.1. The number of rotatable bonds is 4. The van der Waals surface area contributed by atoms with E-state index in [2.05, 4.69) is 10.6 Å². The van der Waals surface area contributed by atoms with Gasteiger partial charge >= 0.3 is 6.03 Å². The van der Waals surface area contributed by atoms with Gasteiger partial charge in [-0.05, 0) is 24.3 Å². The summed E-state index contributed by atoms with van der Waals surface area (Å²) >= 11 is 0. The van der Waals surface area contributed by atoms with Crippen LogP contribution in [0.25, 0.3) is 11.1 Å². The normalized spacial score (nSPS) is 10.4. The standard InChI is InChI=1S/C19H12F3N3O4/c20-13-7-6-12(17(21)18(13)22)11-3-1-2-4-14(11)23-19(27)24-15-8-5-10(25(28)29)9-16(15)26/h1-9,26H,(H2,23,24,27). The highest BCUT2D eigenvalue weighted by Crippen LogP contribution is 2.32. The van der Waals surface area contributed by atoms with Crippen molar-refractivity contribution in [3.05, 3.63) is 82.2 Å². The monoisotopic (exact) mass is 403 g/mol. The Morgan fingerprint density at radius 3 is 2.28 bits per heavy atom. The number of nitrogens with one attached hydrogen (secondary N) is 2. The molecule has 3 aromatic carbocycles. The van der Waals surface area contributed by atoms with E-state index in [4.69, 9.17) is 0 Å². The van der Waals surface area contributed by atoms with Gasteiger partial charge in [0.1, 0.15) is 5.75 Å². The number of hydrogen-bond acceptors (Lipinski definition) is 4. The van der Waals surface area contributed by atoms with Crippen molar-refractivity contribution >= 4 is 23.1 Å². The van der Waals surface area contributed by atoms with Gasteiger partial charge in [0.25, 0.3) is 5.69 Å². The number of carbonyl (C=O) groups excluding carboxylic acids is 1. The van der Waals surface area contributed by atoms with Gasteiger partial charge in [0.15, 0.2) is 17.5 Å². The Hall–Kier alpha value is -4.08. The zero-order chi connectivity index (χ0) is 21.1. The molecule has 0 bridgehead atoms. The van der Waals surface area contributed by atoms with Gasteiger partial charge in [0.05, 0.1) is 22.4 Å². The van der Waals surface area contributed by atoms with Gasteiger partial charge < -0.3 is 15.7 Å². The second kappa shape index (κ2) is 7.89. The number of para-hydroxylation sites is 1. The van der Waals surface area contributed by atoms with E-state index in [-0.39, 0.29) is 28.2 Å². The molecule has 0 radical (unpaired) electrons. The number of non-ortho nitro benzene ring substituents is 1. The second-order valence-corrected chi connectivity index (χ2v) is 5.81. The maximum absolute atomic E-state index is 14.1. The summed E-state index contributed by atoms with van der Waals surface area (Å²) in [5.41, 5.74) is -0.571. The van der Waals surface area contributed by atoms with E-state index >= 15 is 0 Å². The first-order valence-electron chi connectivity index (χ1n) is 8.06. The zero-order valence-corrected chi connectivity index (χ0v) is 14.4. The molecule has 0 aliphatic heterocycles. The highest BCUT2D eigenvalue weighted by atomic mass is 19.2. The first kappa shape index (κ1) is 19.7. The van der Waals surface area contributed by atoms with Crippen LogP contribution in [0.1, 0.15) is 0 Å². The molecule has 0 spiro atoms. The number of aromatic hydroxyl groups is 1. The summed E-state index contributed by atoms with van der Waals surface area (Å²) in [6, 6.07) is 9.87. The fourth-order valence-corrected chi connectivity index (χ4v) is 2.58. The summed E-state index contributed by atoms with van der Waals surface area (Å²) in [5.74, 6) is -4.93. The number of urea groups is 1. The SMILES string of the molecule is O=C(Nc1ccc([N+](=O)[O-])cc1O)Nc1ccccc1-c1ccc(F)c(F)c1F. The summed E-state index contributed by atoms with van der Waals surface area (Å²) in [6.45, 7) is 0. The van der Waals surface area contributed by atoms with Crippen LogP contribution < -0.4 is 10.6 Å². The number of anilines is 2. The number of benzene rings is 3. The lowest BCUT2D eigenvalue weighted by Crippen LogP contribution is -2.20. The van der Waals surface area contributed by atoms with Crippen molar-refractivity contribution in [3.8, 4) is 16.9 Å². The predicted molar refractivity (Wildman–Crippen MR) is 99.2 cm³/mol. The minimum absolute atomic E-state index is 0.0799. The van der Waals surface area contributed by atoms with Crippen LogP contribution in [0.15, 0.2) is 54.6 Å². The van der Waals surface area contributed by atoms with Crippen molar-refractivity contribution < 1.29 is 28.0 Å². The van der Waals surface area contributed by atoms with Crippen LogP contribution in [-0.4, -0.2) is 16.1 Å². The third-order valence-electron chi connectivity index (χ3n) is 3.94. The summed E-state index contributed by atoms with van der Waals surface area (Å²) in [6.07, 6.45) is 0. The van der Waals surface area contributed by atoms with Crippen LogP contribution in [0.5, 0.6) is 5.75 Å². The van der Waals surface area contributed by atoms with E-state index in [1.54, 1.807) is 0 Å². The molecule has 3 aromatic rings. The van der Waals surface area contributed by atoms with E-state index in [0.29, 0.717) is 0 Å². The summed E-state index contributed by atoms with van der Waals surface area (Å²) in [7, 11) is 0. The molecule has 148 valence electrons. The first-order chi connectivity index (χ1) is 13.8. The molecule has 10 heteroatoms. The highest BCUT2D eigenvalue weighted by molar-refractivity contribution is 6.03. The van der Waals surface area contributed by atoms with Crippen LogP contribution in [0.3, 0.4) is 0 Å². The molecule has 0 aromatic heterocycles. The molecule has 0 unspecified atom stereocenters. The van der Waals surface area contributed by atoms with E-state index in [0.717, 1.165) is 30.3 Å². The summed E-state index contributed by atoms with van der Waals surface area (Å²) < 4.78 is 40.9. The zero-order valence-electron chi connectivity index (χ0n) is 14.4. The third-order valence-corrected chi connectivity index (χ3v) is 3.94. The van der Waals surface area contributed by atoms with E-state index in [9.17, 15) is 33.2 Å². The lowest BCUT2D eigenvalue weighted by Gasteiger charge is -2.13. The molecule has 3 N–H and O–H groups in total. The molecule has 7 nitrogen and oxygen atoms in total. The Morgan fingerprint density at radius 2 is 1.59 bits per heavy atom. The van der Waals surface area contributed by atoms with Gasteiger partial charge in [0.2, 0.25) is 0 Å². The lowest BCUT2D eigenvalue weighted by molar-refractivity contribution is -0.384. The first-order valence-corrected chi connectivity index (χ1v) is 8.06. The summed E-state index contributed by atoms with van der Waals surface area (Å²) in [5, 5.41) is 25.2. The Balaban J connectivity index is 1.86. The molecule has 0 heterocycles. The number of phenols is 1. The molecule has 0 fully saturated rings. The van der Waals surface area contributed by atoms with Crippen molar-refractivity contribution in [2.24, 2.45) is 0 Å². The van der Waals surface area contributed by atoms with E-state index in [1.165, 1.54) is 24.3 Å². The van der Waals surface area contributed by atoms with Gasteiger partial charge in [-0.2, -0.15) is 0 Å². The van der Waals surface area contributed by atoms with E-state index in [1.807, 2.05) is 0 Å². The lowest BCUT2D eigenvalue weighted by atomic mass is 10.0. The Morgan fingerprint density at radius 1 is 0.897 bits per heavy atom. The number of phenolic OH excluding ortho intramolecular Hbond substituents is 1. The number of halogens is 3. The van der Waals surface area contributed by atoms with Crippen molar-refractivity contribution in [1.29, 1.82) is 0 Å². The van der Waals surface area contributed by atoms with E-state index < -0.39 is 34.2 Å². The van der Waals surface area contributed by atoms with Crippen LogP contribution in [0.4, 0.5) is 35.0 Å². The number of amides is 2. The third kappa shape index (κ3) is 4.10. The molecular weight excluding hydrogens is 391 g/mol.